The second-order valence-corrected chi connectivity index (χ2v) is 6.85. The molecule has 2 fully saturated rings. The Hall–Kier alpha value is -0.610. The molecular formula is C15H28N2O2. The molecule has 0 aromatic heterocycles. The average molecular weight is 268 g/mol. The molecule has 0 radical (unpaired) electrons. The summed E-state index contributed by atoms with van der Waals surface area (Å²) >= 11 is 0. The van der Waals surface area contributed by atoms with E-state index in [1.54, 1.807) is 0 Å². The summed E-state index contributed by atoms with van der Waals surface area (Å²) in [4.78, 5) is 14.7. The molecule has 1 aliphatic heterocycles. The molecule has 0 aromatic carbocycles. The number of nitrogens with two attached hydrogens (primary N) is 1. The van der Waals surface area contributed by atoms with Crippen LogP contribution in [0.1, 0.15) is 52.4 Å². The lowest BCUT2D eigenvalue weighted by molar-refractivity contribution is -0.149. The summed E-state index contributed by atoms with van der Waals surface area (Å²) in [5.74, 6) is 0.264. The number of carbonyl (C=O) groups is 1. The van der Waals surface area contributed by atoms with Gasteiger partial charge in [0.05, 0.1) is 18.8 Å². The van der Waals surface area contributed by atoms with Gasteiger partial charge in [0.1, 0.15) is 0 Å². The lowest BCUT2D eigenvalue weighted by atomic mass is 9.71. The minimum absolute atomic E-state index is 0.0592. The molecule has 1 saturated carbocycles. The van der Waals surface area contributed by atoms with Crippen LogP contribution in [0.5, 0.6) is 0 Å². The van der Waals surface area contributed by atoms with Crippen molar-refractivity contribution in [3.8, 4) is 0 Å². The number of ether oxygens (including phenoxy) is 1. The lowest BCUT2D eigenvalue weighted by Crippen LogP contribution is -2.56. The molecule has 4 heteroatoms. The highest BCUT2D eigenvalue weighted by molar-refractivity contribution is 5.78. The number of rotatable bonds is 3. The maximum Gasteiger partial charge on any atom is 0.223 e. The van der Waals surface area contributed by atoms with Crippen LogP contribution in [0.2, 0.25) is 0 Å². The van der Waals surface area contributed by atoms with Gasteiger partial charge in [-0.25, -0.2) is 0 Å². The average Bonchev–Trinajstić information content (AvgIpc) is 2.39. The third-order valence-corrected chi connectivity index (χ3v) is 4.82. The van der Waals surface area contributed by atoms with Gasteiger partial charge in [-0.2, -0.15) is 0 Å². The second-order valence-electron chi connectivity index (χ2n) is 6.85. The van der Waals surface area contributed by atoms with Crippen molar-refractivity contribution in [3.63, 3.8) is 0 Å². The molecular weight excluding hydrogens is 240 g/mol. The number of hydrogen-bond donors (Lipinski definition) is 1. The summed E-state index contributed by atoms with van der Waals surface area (Å²) in [5.41, 5.74) is 5.87. The highest BCUT2D eigenvalue weighted by Crippen LogP contribution is 2.39. The van der Waals surface area contributed by atoms with Gasteiger partial charge in [0.2, 0.25) is 5.91 Å². The van der Waals surface area contributed by atoms with Gasteiger partial charge in [-0.05, 0) is 38.6 Å². The van der Waals surface area contributed by atoms with E-state index in [1.165, 1.54) is 19.3 Å². The molecule has 2 rings (SSSR count). The van der Waals surface area contributed by atoms with Gasteiger partial charge in [0, 0.05) is 13.0 Å². The van der Waals surface area contributed by atoms with E-state index in [4.69, 9.17) is 10.5 Å². The Morgan fingerprint density at radius 1 is 1.26 bits per heavy atom. The summed E-state index contributed by atoms with van der Waals surface area (Å²) in [5, 5.41) is 0. The van der Waals surface area contributed by atoms with Crippen LogP contribution in [0, 0.1) is 5.41 Å². The predicted octanol–water partition coefficient (Wildman–Crippen LogP) is 1.92. The van der Waals surface area contributed by atoms with Crippen molar-refractivity contribution >= 4 is 5.91 Å². The quantitative estimate of drug-likeness (QED) is 0.851. The van der Waals surface area contributed by atoms with E-state index in [-0.39, 0.29) is 16.9 Å². The second kappa shape index (κ2) is 5.80. The summed E-state index contributed by atoms with van der Waals surface area (Å²) in [6.45, 7) is 6.81. The van der Waals surface area contributed by atoms with Crippen LogP contribution in [0.25, 0.3) is 0 Å². The Morgan fingerprint density at radius 2 is 1.95 bits per heavy atom. The first-order valence-electron chi connectivity index (χ1n) is 7.57. The van der Waals surface area contributed by atoms with E-state index in [1.807, 2.05) is 4.90 Å². The van der Waals surface area contributed by atoms with Crippen LogP contribution in [0.3, 0.4) is 0 Å². The molecule has 1 amide bonds. The number of morpholine rings is 1. The van der Waals surface area contributed by atoms with E-state index in [0.29, 0.717) is 32.7 Å². The summed E-state index contributed by atoms with van der Waals surface area (Å²) in [6.07, 6.45) is 6.57. The molecule has 4 nitrogen and oxygen atoms in total. The number of carbonyl (C=O) groups excluding carboxylic acids is 1. The monoisotopic (exact) mass is 268 g/mol. The minimum Gasteiger partial charge on any atom is -0.377 e. The van der Waals surface area contributed by atoms with Crippen molar-refractivity contribution in [3.05, 3.63) is 0 Å². The van der Waals surface area contributed by atoms with Crippen LogP contribution in [0.4, 0.5) is 0 Å². The minimum atomic E-state index is -0.181. The summed E-state index contributed by atoms with van der Waals surface area (Å²) in [6, 6.07) is 0. The normalized spacial score (nSPS) is 26.2. The molecule has 2 N–H and O–H groups in total. The highest BCUT2D eigenvalue weighted by atomic mass is 16.5. The Labute approximate surface area is 116 Å². The zero-order valence-corrected chi connectivity index (χ0v) is 12.4. The zero-order chi connectivity index (χ0) is 13.9. The molecule has 1 saturated heterocycles. The molecule has 0 spiro atoms. The van der Waals surface area contributed by atoms with Crippen molar-refractivity contribution < 1.29 is 9.53 Å². The van der Waals surface area contributed by atoms with Crippen molar-refractivity contribution in [1.29, 1.82) is 0 Å². The van der Waals surface area contributed by atoms with E-state index >= 15 is 0 Å². The van der Waals surface area contributed by atoms with Crippen molar-refractivity contribution in [2.75, 3.05) is 26.3 Å². The Balaban J connectivity index is 2.02. The van der Waals surface area contributed by atoms with Crippen LogP contribution >= 0.6 is 0 Å². The van der Waals surface area contributed by atoms with Crippen LogP contribution in [-0.2, 0) is 9.53 Å². The first-order valence-corrected chi connectivity index (χ1v) is 7.57. The molecule has 0 aromatic rings. The molecule has 2 aliphatic rings. The summed E-state index contributed by atoms with van der Waals surface area (Å²) < 4.78 is 5.49. The van der Waals surface area contributed by atoms with Crippen molar-refractivity contribution in [1.82, 2.24) is 4.90 Å². The zero-order valence-electron chi connectivity index (χ0n) is 12.4. The lowest BCUT2D eigenvalue weighted by Gasteiger charge is -2.44. The van der Waals surface area contributed by atoms with Gasteiger partial charge in [0.25, 0.3) is 0 Å². The fourth-order valence-corrected chi connectivity index (χ4v) is 3.49. The topological polar surface area (TPSA) is 55.6 Å². The maximum atomic E-state index is 12.7. The summed E-state index contributed by atoms with van der Waals surface area (Å²) in [7, 11) is 0. The van der Waals surface area contributed by atoms with Crippen molar-refractivity contribution in [2.45, 2.75) is 57.9 Å². The maximum absolute atomic E-state index is 12.7. The van der Waals surface area contributed by atoms with E-state index in [0.717, 1.165) is 12.8 Å². The largest absolute Gasteiger partial charge is 0.377 e. The third kappa shape index (κ3) is 3.29. The van der Waals surface area contributed by atoms with Gasteiger partial charge < -0.3 is 15.4 Å². The molecule has 110 valence electrons. The van der Waals surface area contributed by atoms with Crippen LogP contribution < -0.4 is 5.73 Å². The molecule has 0 unspecified atom stereocenters. The molecule has 0 bridgehead atoms. The molecule has 1 aliphatic carbocycles. The van der Waals surface area contributed by atoms with Gasteiger partial charge in [0.15, 0.2) is 0 Å². The molecule has 1 heterocycles. The van der Waals surface area contributed by atoms with Crippen LogP contribution in [-0.4, -0.2) is 42.6 Å². The van der Waals surface area contributed by atoms with Gasteiger partial charge in [-0.3, -0.25) is 4.79 Å². The Bertz CT molecular complexity index is 322. The Morgan fingerprint density at radius 3 is 2.53 bits per heavy atom. The number of hydrogen-bond acceptors (Lipinski definition) is 3. The first-order chi connectivity index (χ1) is 8.99. The van der Waals surface area contributed by atoms with Gasteiger partial charge in [-0.1, -0.05) is 19.3 Å². The van der Waals surface area contributed by atoms with Gasteiger partial charge >= 0.3 is 0 Å². The first kappa shape index (κ1) is 14.8. The highest BCUT2D eigenvalue weighted by Gasteiger charge is 2.39. The SMILES string of the molecule is CC1(C)COCCN1C(=O)CC1(CN)CCCCC1. The van der Waals surface area contributed by atoms with E-state index < -0.39 is 0 Å². The molecule has 0 atom stereocenters. The van der Waals surface area contributed by atoms with Gasteiger partial charge in [-0.15, -0.1) is 0 Å². The number of amides is 1. The van der Waals surface area contributed by atoms with Crippen LogP contribution in [0.15, 0.2) is 0 Å². The number of nitrogens with zero attached hydrogens (tertiary/aromatic N) is 1. The Kier molecular flexibility index (Phi) is 4.51. The smallest absolute Gasteiger partial charge is 0.223 e. The van der Waals surface area contributed by atoms with Crippen molar-refractivity contribution in [2.24, 2.45) is 11.1 Å². The fourth-order valence-electron chi connectivity index (χ4n) is 3.49. The molecule has 19 heavy (non-hydrogen) atoms. The predicted molar refractivity (Wildman–Crippen MR) is 75.8 cm³/mol. The van der Waals surface area contributed by atoms with E-state index in [9.17, 15) is 4.79 Å². The van der Waals surface area contributed by atoms with E-state index in [2.05, 4.69) is 13.8 Å². The fraction of sp³-hybridized carbons (Fsp3) is 0.933. The third-order valence-electron chi connectivity index (χ3n) is 4.82. The standard InChI is InChI=1S/C15H28N2O2/c1-14(2)12-19-9-8-17(14)13(18)10-15(11-16)6-4-3-5-7-15/h3-12,16H2,1-2H3.